The van der Waals surface area contributed by atoms with Gasteiger partial charge in [-0.25, -0.2) is 4.79 Å². The molecule has 52 heavy (non-hydrogen) atoms. The lowest BCUT2D eigenvalue weighted by Crippen LogP contribution is -2.39. The molecule has 1 aliphatic rings. The maximum atomic E-state index is 13.0. The number of unbranched alkanes of at least 4 members (excludes halogenated alkanes) is 1. The lowest BCUT2D eigenvalue weighted by atomic mass is 10.0. The highest BCUT2D eigenvalue weighted by atomic mass is 35.5. The number of nitrogens with zero attached hydrogens (tertiary/aromatic N) is 2. The van der Waals surface area contributed by atoms with Crippen molar-refractivity contribution in [2.45, 2.75) is 71.1 Å². The van der Waals surface area contributed by atoms with Gasteiger partial charge in [-0.15, -0.1) is 0 Å². The van der Waals surface area contributed by atoms with Gasteiger partial charge in [-0.1, -0.05) is 60.1 Å². The fraction of sp³-hybridized carbons (Fsp3) is 0.475. The summed E-state index contributed by atoms with van der Waals surface area (Å²) in [7, 11) is 3.45. The van der Waals surface area contributed by atoms with Gasteiger partial charge in [0.2, 0.25) is 11.8 Å². The fourth-order valence-corrected chi connectivity index (χ4v) is 6.22. The first-order chi connectivity index (χ1) is 25.0. The van der Waals surface area contributed by atoms with E-state index in [0.29, 0.717) is 35.1 Å². The molecule has 0 radical (unpaired) electrons. The Hall–Kier alpha value is -4.16. The van der Waals surface area contributed by atoms with Crippen molar-refractivity contribution in [1.29, 1.82) is 0 Å². The lowest BCUT2D eigenvalue weighted by Gasteiger charge is -2.31. The molecule has 0 bridgehead atoms. The van der Waals surface area contributed by atoms with Crippen LogP contribution in [0.25, 0.3) is 11.1 Å². The molecule has 1 heterocycles. The highest BCUT2D eigenvalue weighted by Crippen LogP contribution is 2.33. The molecule has 0 unspecified atom stereocenters. The van der Waals surface area contributed by atoms with Gasteiger partial charge in [0.1, 0.15) is 18.0 Å². The van der Waals surface area contributed by atoms with Crippen LogP contribution in [0.2, 0.25) is 5.02 Å². The molecule has 3 aromatic rings. The van der Waals surface area contributed by atoms with Crippen LogP contribution >= 0.6 is 11.6 Å². The Kier molecular flexibility index (Phi) is 15.8. The van der Waals surface area contributed by atoms with Crippen molar-refractivity contribution < 1.29 is 28.6 Å². The third kappa shape index (κ3) is 13.1. The van der Waals surface area contributed by atoms with E-state index < -0.39 is 11.7 Å². The molecule has 3 aromatic carbocycles. The van der Waals surface area contributed by atoms with E-state index in [0.717, 1.165) is 62.1 Å². The normalized spacial score (nSPS) is 13.7. The Morgan fingerprint density at radius 1 is 0.923 bits per heavy atom. The summed E-state index contributed by atoms with van der Waals surface area (Å²) in [6.45, 7) is 9.23. The number of carbonyl (C=O) groups excluding carboxylic acids is 3. The number of amides is 3. The van der Waals surface area contributed by atoms with Gasteiger partial charge < -0.3 is 40.0 Å². The first-order valence-corrected chi connectivity index (χ1v) is 18.4. The van der Waals surface area contributed by atoms with Crippen molar-refractivity contribution in [2.24, 2.45) is 0 Å². The van der Waals surface area contributed by atoms with E-state index in [1.807, 2.05) is 82.4 Å². The topological polar surface area (TPSA) is 121 Å². The van der Waals surface area contributed by atoms with Gasteiger partial charge in [-0.05, 0) is 77.7 Å². The average Bonchev–Trinajstić information content (AvgIpc) is 3.12. The summed E-state index contributed by atoms with van der Waals surface area (Å²) in [4.78, 5) is 42.7. The lowest BCUT2D eigenvalue weighted by molar-refractivity contribution is -0.124. The van der Waals surface area contributed by atoms with Crippen LogP contribution in [0, 0.1) is 0 Å². The van der Waals surface area contributed by atoms with Crippen molar-refractivity contribution in [3.8, 4) is 16.9 Å². The number of nitrogens with one attached hydrogen (secondary N) is 3. The standard InChI is InChI=1S/C40H54ClN5O6/c1-40(2,3)52-39(49)46(21-12-11-20-42-4)27-30-25-33(41)35(26-36(30)50-5)44-37(47)19-24-45-22-17-31(18-23-45)51-28-38(48)43-34-16-10-9-15-32(34)29-13-7-6-8-14-29/h6-10,13-16,25-26,31,42H,11-12,17-24,27-28H2,1-5H3,(H,43,48)(H,44,47). The molecule has 1 aliphatic heterocycles. The van der Waals surface area contributed by atoms with Crippen molar-refractivity contribution in [2.75, 3.05) is 64.1 Å². The summed E-state index contributed by atoms with van der Waals surface area (Å²) in [6, 6.07) is 21.1. The second kappa shape index (κ2) is 20.2. The first kappa shape index (κ1) is 40.6. The number of anilines is 2. The summed E-state index contributed by atoms with van der Waals surface area (Å²) in [5, 5.41) is 9.40. The Balaban J connectivity index is 1.22. The zero-order chi connectivity index (χ0) is 37.5. The number of benzene rings is 3. The summed E-state index contributed by atoms with van der Waals surface area (Å²) in [6.07, 6.45) is 3.12. The molecular weight excluding hydrogens is 682 g/mol. The maximum Gasteiger partial charge on any atom is 0.410 e. The summed E-state index contributed by atoms with van der Waals surface area (Å²) < 4.78 is 17.3. The summed E-state index contributed by atoms with van der Waals surface area (Å²) in [5.74, 6) is 0.161. The molecule has 12 heteroatoms. The Bertz CT molecular complexity index is 1610. The Labute approximate surface area is 313 Å². The van der Waals surface area contributed by atoms with E-state index in [2.05, 4.69) is 20.9 Å². The second-order valence-corrected chi connectivity index (χ2v) is 14.4. The van der Waals surface area contributed by atoms with Crippen molar-refractivity contribution >= 4 is 40.9 Å². The molecule has 0 aliphatic carbocycles. The van der Waals surface area contributed by atoms with Crippen LogP contribution in [-0.2, 0) is 25.6 Å². The van der Waals surface area contributed by atoms with Gasteiger partial charge in [0.15, 0.2) is 0 Å². The molecule has 282 valence electrons. The summed E-state index contributed by atoms with van der Waals surface area (Å²) in [5.41, 5.74) is 3.27. The third-order valence-electron chi connectivity index (χ3n) is 8.69. The second-order valence-electron chi connectivity index (χ2n) is 14.0. The molecule has 4 rings (SSSR count). The van der Waals surface area contributed by atoms with E-state index in [1.165, 1.54) is 0 Å². The van der Waals surface area contributed by atoms with Crippen molar-refractivity contribution in [3.05, 3.63) is 77.3 Å². The zero-order valence-corrected chi connectivity index (χ0v) is 31.9. The van der Waals surface area contributed by atoms with Gasteiger partial charge in [-0.3, -0.25) is 9.59 Å². The Morgan fingerprint density at radius 3 is 2.31 bits per heavy atom. The molecule has 3 amide bonds. The number of halogens is 1. The fourth-order valence-electron chi connectivity index (χ4n) is 5.99. The van der Waals surface area contributed by atoms with Crippen LogP contribution in [0.5, 0.6) is 5.75 Å². The highest BCUT2D eigenvalue weighted by Gasteiger charge is 2.25. The highest BCUT2D eigenvalue weighted by molar-refractivity contribution is 6.33. The van der Waals surface area contributed by atoms with Gasteiger partial charge in [0, 0.05) is 55.5 Å². The van der Waals surface area contributed by atoms with Gasteiger partial charge in [0.05, 0.1) is 30.5 Å². The zero-order valence-electron chi connectivity index (χ0n) is 31.1. The number of hydrogen-bond donors (Lipinski definition) is 3. The van der Waals surface area contributed by atoms with Crippen LogP contribution in [0.15, 0.2) is 66.7 Å². The minimum atomic E-state index is -0.630. The molecule has 1 saturated heterocycles. The van der Waals surface area contributed by atoms with E-state index in [1.54, 1.807) is 24.1 Å². The molecule has 0 spiro atoms. The van der Waals surface area contributed by atoms with Gasteiger partial charge in [-0.2, -0.15) is 0 Å². The number of carbonyl (C=O) groups is 3. The quantitative estimate of drug-likeness (QED) is 0.125. The number of hydrogen-bond acceptors (Lipinski definition) is 8. The van der Waals surface area contributed by atoms with Crippen LogP contribution in [0.1, 0.15) is 58.4 Å². The molecular formula is C40H54ClN5O6. The summed E-state index contributed by atoms with van der Waals surface area (Å²) >= 11 is 6.65. The number of para-hydroxylation sites is 1. The van der Waals surface area contributed by atoms with E-state index in [9.17, 15) is 14.4 Å². The van der Waals surface area contributed by atoms with Gasteiger partial charge >= 0.3 is 6.09 Å². The molecule has 0 aromatic heterocycles. The van der Waals surface area contributed by atoms with E-state index in [4.69, 9.17) is 25.8 Å². The van der Waals surface area contributed by atoms with Crippen molar-refractivity contribution in [3.63, 3.8) is 0 Å². The molecule has 3 N–H and O–H groups in total. The minimum Gasteiger partial charge on any atom is -0.496 e. The van der Waals surface area contributed by atoms with Crippen LogP contribution in [0.4, 0.5) is 16.2 Å². The number of ether oxygens (including phenoxy) is 3. The van der Waals surface area contributed by atoms with Crippen LogP contribution in [0.3, 0.4) is 0 Å². The van der Waals surface area contributed by atoms with Gasteiger partial charge in [0.25, 0.3) is 0 Å². The van der Waals surface area contributed by atoms with E-state index >= 15 is 0 Å². The first-order valence-electron chi connectivity index (χ1n) is 18.0. The van der Waals surface area contributed by atoms with Crippen LogP contribution < -0.4 is 20.7 Å². The predicted octanol–water partition coefficient (Wildman–Crippen LogP) is 7.20. The molecule has 0 saturated carbocycles. The minimum absolute atomic E-state index is 0.0189. The number of methoxy groups -OCH3 is 1. The smallest absolute Gasteiger partial charge is 0.410 e. The van der Waals surface area contributed by atoms with Crippen molar-refractivity contribution in [1.82, 2.24) is 15.1 Å². The number of rotatable bonds is 17. The maximum absolute atomic E-state index is 13.0. The average molecular weight is 736 g/mol. The molecule has 11 nitrogen and oxygen atoms in total. The Morgan fingerprint density at radius 2 is 1.62 bits per heavy atom. The predicted molar refractivity (Wildman–Crippen MR) is 207 cm³/mol. The third-order valence-corrected chi connectivity index (χ3v) is 9.00. The monoisotopic (exact) mass is 735 g/mol. The largest absolute Gasteiger partial charge is 0.496 e. The SMILES string of the molecule is CNCCCCN(Cc1cc(Cl)c(NC(=O)CCN2CCC(OCC(=O)Nc3ccccc3-c3ccccc3)CC2)cc1OC)C(=O)OC(C)(C)C. The van der Waals surface area contributed by atoms with Crippen LogP contribution in [-0.4, -0.2) is 92.9 Å². The molecule has 0 atom stereocenters. The molecule has 1 fully saturated rings. The van der Waals surface area contributed by atoms with E-state index in [-0.39, 0.29) is 37.5 Å². The number of likely N-dealkylation sites (tertiary alicyclic amines) is 1. The number of piperidine rings is 1.